The van der Waals surface area contributed by atoms with Crippen LogP contribution in [0.4, 0.5) is 8.78 Å². The summed E-state index contributed by atoms with van der Waals surface area (Å²) in [6.07, 6.45) is -0.257. The molecule has 0 radical (unpaired) electrons. The third-order valence-electron chi connectivity index (χ3n) is 2.32. The maximum atomic E-state index is 13.7. The smallest absolute Gasteiger partial charge is 0.276 e. The average Bonchev–Trinajstić information content (AvgIpc) is 2.17. The fourth-order valence-electron chi connectivity index (χ4n) is 1.35. The SMILES string of the molecule is CNC(C)CC(F)(F)c1ccccc1Cl. The molecule has 0 aliphatic carbocycles. The highest BCUT2D eigenvalue weighted by Gasteiger charge is 2.34. The molecule has 0 amide bonds. The van der Waals surface area contributed by atoms with Crippen molar-refractivity contribution < 1.29 is 8.78 Å². The molecule has 0 aliphatic heterocycles. The molecule has 1 rings (SSSR count). The Kier molecular flexibility index (Phi) is 4.05. The van der Waals surface area contributed by atoms with E-state index in [1.165, 1.54) is 12.1 Å². The van der Waals surface area contributed by atoms with Crippen molar-refractivity contribution >= 4 is 11.6 Å². The fourth-order valence-corrected chi connectivity index (χ4v) is 1.63. The van der Waals surface area contributed by atoms with E-state index < -0.39 is 5.92 Å². The third-order valence-corrected chi connectivity index (χ3v) is 2.65. The Morgan fingerprint density at radius 1 is 1.40 bits per heavy atom. The molecular formula is C11H14ClF2N. The molecule has 4 heteroatoms. The first-order valence-electron chi connectivity index (χ1n) is 4.77. The molecule has 15 heavy (non-hydrogen) atoms. The predicted molar refractivity (Wildman–Crippen MR) is 58.5 cm³/mol. The lowest BCUT2D eigenvalue weighted by Crippen LogP contribution is -2.29. The second-order valence-electron chi connectivity index (χ2n) is 3.58. The minimum absolute atomic E-state index is 0.103. The zero-order valence-electron chi connectivity index (χ0n) is 8.73. The molecule has 1 nitrogen and oxygen atoms in total. The van der Waals surface area contributed by atoms with Gasteiger partial charge in [0.1, 0.15) is 0 Å². The van der Waals surface area contributed by atoms with Crippen LogP contribution in [0.25, 0.3) is 0 Å². The Bertz CT molecular complexity index is 328. The number of benzene rings is 1. The Labute approximate surface area is 93.4 Å². The highest BCUT2D eigenvalue weighted by atomic mass is 35.5. The predicted octanol–water partition coefficient (Wildman–Crippen LogP) is 3.43. The lowest BCUT2D eigenvalue weighted by molar-refractivity contribution is -0.0205. The van der Waals surface area contributed by atoms with Gasteiger partial charge >= 0.3 is 0 Å². The first-order valence-corrected chi connectivity index (χ1v) is 5.15. The van der Waals surface area contributed by atoms with Crippen LogP contribution >= 0.6 is 11.6 Å². The molecule has 0 heterocycles. The zero-order chi connectivity index (χ0) is 11.5. The van der Waals surface area contributed by atoms with Crippen molar-refractivity contribution in [2.45, 2.75) is 25.3 Å². The van der Waals surface area contributed by atoms with E-state index in [9.17, 15) is 8.78 Å². The second kappa shape index (κ2) is 4.90. The summed E-state index contributed by atoms with van der Waals surface area (Å²) in [6, 6.07) is 5.80. The number of halogens is 3. The number of nitrogens with one attached hydrogen (secondary N) is 1. The number of hydrogen-bond acceptors (Lipinski definition) is 1. The summed E-state index contributed by atoms with van der Waals surface area (Å²) in [4.78, 5) is 0. The Hall–Kier alpha value is -0.670. The van der Waals surface area contributed by atoms with E-state index in [0.717, 1.165) is 0 Å². The molecular weight excluding hydrogens is 220 g/mol. The van der Waals surface area contributed by atoms with Crippen LogP contribution in [0.2, 0.25) is 5.02 Å². The van der Waals surface area contributed by atoms with E-state index in [-0.39, 0.29) is 23.0 Å². The van der Waals surface area contributed by atoms with Crippen LogP contribution in [0.5, 0.6) is 0 Å². The molecule has 0 spiro atoms. The van der Waals surface area contributed by atoms with Crippen molar-refractivity contribution in [1.29, 1.82) is 0 Å². The first kappa shape index (κ1) is 12.4. The molecule has 0 aromatic heterocycles. The largest absolute Gasteiger partial charge is 0.317 e. The van der Waals surface area contributed by atoms with Crippen molar-refractivity contribution in [2.75, 3.05) is 7.05 Å². The van der Waals surface area contributed by atoms with E-state index in [1.54, 1.807) is 26.1 Å². The Balaban J connectivity index is 2.90. The van der Waals surface area contributed by atoms with Gasteiger partial charge in [0.25, 0.3) is 5.92 Å². The summed E-state index contributed by atoms with van der Waals surface area (Å²) in [5, 5.41) is 2.90. The van der Waals surface area contributed by atoms with E-state index in [2.05, 4.69) is 5.32 Å². The fraction of sp³-hybridized carbons (Fsp3) is 0.455. The van der Waals surface area contributed by atoms with E-state index in [0.29, 0.717) is 0 Å². The first-order chi connectivity index (χ1) is 6.97. The highest BCUT2D eigenvalue weighted by molar-refractivity contribution is 6.31. The molecule has 1 aromatic rings. The Morgan fingerprint density at radius 2 is 2.00 bits per heavy atom. The molecule has 0 aliphatic rings. The van der Waals surface area contributed by atoms with Gasteiger partial charge in [-0.3, -0.25) is 0 Å². The molecule has 0 saturated heterocycles. The van der Waals surface area contributed by atoms with Crippen LogP contribution in [-0.2, 0) is 5.92 Å². The standard InChI is InChI=1S/C11H14ClF2N/c1-8(15-2)7-11(13,14)9-5-3-4-6-10(9)12/h3-6,8,15H,7H2,1-2H3. The molecule has 1 atom stereocenters. The zero-order valence-corrected chi connectivity index (χ0v) is 9.48. The molecule has 1 unspecified atom stereocenters. The van der Waals surface area contributed by atoms with Gasteiger partial charge in [-0.2, -0.15) is 0 Å². The van der Waals surface area contributed by atoms with Gasteiger partial charge in [-0.15, -0.1) is 0 Å². The van der Waals surface area contributed by atoms with Gasteiger partial charge in [0, 0.05) is 23.0 Å². The molecule has 0 fully saturated rings. The van der Waals surface area contributed by atoms with Crippen LogP contribution in [0.1, 0.15) is 18.9 Å². The summed E-state index contributed by atoms with van der Waals surface area (Å²) < 4.78 is 27.5. The maximum absolute atomic E-state index is 13.7. The molecule has 1 N–H and O–H groups in total. The van der Waals surface area contributed by atoms with Gasteiger partial charge in [0.05, 0.1) is 0 Å². The number of alkyl halides is 2. The van der Waals surface area contributed by atoms with Crippen molar-refractivity contribution in [3.63, 3.8) is 0 Å². The summed E-state index contributed by atoms with van der Waals surface area (Å²) in [5.74, 6) is -2.89. The summed E-state index contributed by atoms with van der Waals surface area (Å²) in [7, 11) is 1.66. The summed E-state index contributed by atoms with van der Waals surface area (Å²) in [5.41, 5.74) is -0.103. The van der Waals surface area contributed by atoms with Crippen LogP contribution in [0, 0.1) is 0 Å². The van der Waals surface area contributed by atoms with Gasteiger partial charge in [-0.05, 0) is 20.0 Å². The van der Waals surface area contributed by atoms with Gasteiger partial charge in [-0.1, -0.05) is 29.8 Å². The van der Waals surface area contributed by atoms with Crippen molar-refractivity contribution in [2.24, 2.45) is 0 Å². The van der Waals surface area contributed by atoms with Crippen LogP contribution < -0.4 is 5.32 Å². The Morgan fingerprint density at radius 3 is 2.53 bits per heavy atom. The molecule has 84 valence electrons. The van der Waals surface area contributed by atoms with Crippen LogP contribution in [0.15, 0.2) is 24.3 Å². The number of rotatable bonds is 4. The average molecular weight is 234 g/mol. The maximum Gasteiger partial charge on any atom is 0.276 e. The van der Waals surface area contributed by atoms with Gasteiger partial charge in [-0.25, -0.2) is 8.78 Å². The van der Waals surface area contributed by atoms with Crippen molar-refractivity contribution in [3.05, 3.63) is 34.9 Å². The lowest BCUT2D eigenvalue weighted by Gasteiger charge is -2.21. The van der Waals surface area contributed by atoms with Crippen LogP contribution in [-0.4, -0.2) is 13.1 Å². The van der Waals surface area contributed by atoms with Crippen molar-refractivity contribution in [3.8, 4) is 0 Å². The second-order valence-corrected chi connectivity index (χ2v) is 3.99. The molecule has 0 saturated carbocycles. The molecule has 0 bridgehead atoms. The number of hydrogen-bond donors (Lipinski definition) is 1. The van der Waals surface area contributed by atoms with Crippen molar-refractivity contribution in [1.82, 2.24) is 5.32 Å². The van der Waals surface area contributed by atoms with Gasteiger partial charge < -0.3 is 5.32 Å². The molecule has 1 aromatic carbocycles. The van der Waals surface area contributed by atoms with Gasteiger partial charge in [0.15, 0.2) is 0 Å². The van der Waals surface area contributed by atoms with Crippen LogP contribution in [0.3, 0.4) is 0 Å². The lowest BCUT2D eigenvalue weighted by atomic mass is 10.0. The van der Waals surface area contributed by atoms with E-state index in [1.807, 2.05) is 0 Å². The van der Waals surface area contributed by atoms with Gasteiger partial charge in [0.2, 0.25) is 0 Å². The monoisotopic (exact) mass is 233 g/mol. The normalized spacial score (nSPS) is 13.9. The third kappa shape index (κ3) is 3.14. The van der Waals surface area contributed by atoms with E-state index in [4.69, 9.17) is 11.6 Å². The topological polar surface area (TPSA) is 12.0 Å². The summed E-state index contributed by atoms with van der Waals surface area (Å²) >= 11 is 5.73. The summed E-state index contributed by atoms with van der Waals surface area (Å²) in [6.45, 7) is 1.71. The minimum atomic E-state index is -2.89. The van der Waals surface area contributed by atoms with E-state index >= 15 is 0 Å². The minimum Gasteiger partial charge on any atom is -0.317 e. The quantitative estimate of drug-likeness (QED) is 0.840. The highest BCUT2D eigenvalue weighted by Crippen LogP contribution is 2.36.